The molecule has 3 nitrogen and oxygen atoms in total. The lowest BCUT2D eigenvalue weighted by molar-refractivity contribution is 0.0526. The number of esters is 1. The first kappa shape index (κ1) is 10.0. The fraction of sp³-hybridized carbons (Fsp3) is 0.417. The minimum atomic E-state index is -0.264. The van der Waals surface area contributed by atoms with Crippen LogP contribution in [0.2, 0.25) is 0 Å². The van der Waals surface area contributed by atoms with Crippen molar-refractivity contribution in [2.75, 3.05) is 6.61 Å². The van der Waals surface area contributed by atoms with Crippen molar-refractivity contribution < 1.29 is 14.3 Å². The van der Waals surface area contributed by atoms with Crippen LogP contribution >= 0.6 is 0 Å². The van der Waals surface area contributed by atoms with E-state index in [-0.39, 0.29) is 12.1 Å². The summed E-state index contributed by atoms with van der Waals surface area (Å²) in [7, 11) is 0. The second-order valence-electron chi connectivity index (χ2n) is 3.68. The maximum Gasteiger partial charge on any atom is 0.338 e. The SMILES string of the molecule is CCOC(=O)c1ccc2c(c1)C[C@H](C)O2. The summed E-state index contributed by atoms with van der Waals surface area (Å²) in [6, 6.07) is 5.44. The lowest BCUT2D eigenvalue weighted by atomic mass is 10.1. The maximum atomic E-state index is 11.5. The van der Waals surface area contributed by atoms with Gasteiger partial charge in [0.05, 0.1) is 12.2 Å². The molecule has 0 aliphatic carbocycles. The maximum absolute atomic E-state index is 11.5. The van der Waals surface area contributed by atoms with Crippen molar-refractivity contribution >= 4 is 5.97 Å². The van der Waals surface area contributed by atoms with E-state index in [1.165, 1.54) is 0 Å². The lowest BCUT2D eigenvalue weighted by Gasteiger charge is -2.04. The molecule has 15 heavy (non-hydrogen) atoms. The number of rotatable bonds is 2. The van der Waals surface area contributed by atoms with E-state index < -0.39 is 0 Å². The molecular weight excluding hydrogens is 192 g/mol. The molecule has 2 rings (SSSR count). The molecule has 80 valence electrons. The number of carbonyl (C=O) groups is 1. The molecule has 1 aromatic carbocycles. The minimum absolute atomic E-state index is 0.206. The van der Waals surface area contributed by atoms with Gasteiger partial charge in [0.25, 0.3) is 0 Å². The van der Waals surface area contributed by atoms with Gasteiger partial charge < -0.3 is 9.47 Å². The molecule has 0 spiro atoms. The Bertz CT molecular complexity index is 384. The number of carbonyl (C=O) groups excluding carboxylic acids is 1. The zero-order valence-corrected chi connectivity index (χ0v) is 8.95. The quantitative estimate of drug-likeness (QED) is 0.696. The summed E-state index contributed by atoms with van der Waals surface area (Å²) < 4.78 is 10.5. The van der Waals surface area contributed by atoms with Gasteiger partial charge in [-0.25, -0.2) is 4.79 Å². The van der Waals surface area contributed by atoms with Crippen LogP contribution in [0.15, 0.2) is 18.2 Å². The van der Waals surface area contributed by atoms with Crippen LogP contribution in [-0.4, -0.2) is 18.7 Å². The van der Waals surface area contributed by atoms with Gasteiger partial charge in [0.1, 0.15) is 11.9 Å². The van der Waals surface area contributed by atoms with Gasteiger partial charge in [0, 0.05) is 6.42 Å². The smallest absolute Gasteiger partial charge is 0.338 e. The number of ether oxygens (including phenoxy) is 2. The average molecular weight is 206 g/mol. The Hall–Kier alpha value is -1.51. The Kier molecular flexibility index (Phi) is 2.62. The molecule has 0 saturated heterocycles. The van der Waals surface area contributed by atoms with E-state index >= 15 is 0 Å². The first-order chi connectivity index (χ1) is 7.20. The van der Waals surface area contributed by atoms with Crippen molar-refractivity contribution in [3.05, 3.63) is 29.3 Å². The zero-order valence-electron chi connectivity index (χ0n) is 8.95. The summed E-state index contributed by atoms with van der Waals surface area (Å²) in [5.41, 5.74) is 1.70. The first-order valence-corrected chi connectivity index (χ1v) is 5.17. The van der Waals surface area contributed by atoms with Crippen molar-refractivity contribution in [2.24, 2.45) is 0 Å². The van der Waals surface area contributed by atoms with Crippen LogP contribution in [0.4, 0.5) is 0 Å². The Balaban J connectivity index is 2.23. The second-order valence-corrected chi connectivity index (χ2v) is 3.68. The molecule has 1 aliphatic rings. The van der Waals surface area contributed by atoms with Gasteiger partial charge in [-0.1, -0.05) is 0 Å². The molecule has 0 unspecified atom stereocenters. The standard InChI is InChI=1S/C12H14O3/c1-3-14-12(13)9-4-5-11-10(7-9)6-8(2)15-11/h4-5,7-8H,3,6H2,1-2H3/t8-/m0/s1. The highest BCUT2D eigenvalue weighted by atomic mass is 16.5. The lowest BCUT2D eigenvalue weighted by Crippen LogP contribution is -2.05. The molecular formula is C12H14O3. The summed E-state index contributed by atoms with van der Waals surface area (Å²) in [6.45, 7) is 4.23. The van der Waals surface area contributed by atoms with Crippen LogP contribution in [0.5, 0.6) is 5.75 Å². The van der Waals surface area contributed by atoms with E-state index in [1.54, 1.807) is 13.0 Å². The Morgan fingerprint density at radius 1 is 1.60 bits per heavy atom. The predicted octanol–water partition coefficient (Wildman–Crippen LogP) is 2.19. The summed E-state index contributed by atoms with van der Waals surface area (Å²) >= 11 is 0. The normalized spacial score (nSPS) is 18.1. The molecule has 1 aromatic rings. The molecule has 0 amide bonds. The highest BCUT2D eigenvalue weighted by Gasteiger charge is 2.20. The Morgan fingerprint density at radius 3 is 3.13 bits per heavy atom. The molecule has 1 aliphatic heterocycles. The number of benzene rings is 1. The third-order valence-electron chi connectivity index (χ3n) is 2.41. The Labute approximate surface area is 89.0 Å². The van der Waals surface area contributed by atoms with Crippen LogP contribution in [0.3, 0.4) is 0 Å². The summed E-state index contributed by atoms with van der Waals surface area (Å²) in [5.74, 6) is 0.621. The van der Waals surface area contributed by atoms with Crippen molar-refractivity contribution in [2.45, 2.75) is 26.4 Å². The van der Waals surface area contributed by atoms with E-state index in [1.807, 2.05) is 19.1 Å². The summed E-state index contributed by atoms with van der Waals surface area (Å²) in [4.78, 5) is 11.5. The number of hydrogen-bond acceptors (Lipinski definition) is 3. The molecule has 1 atom stereocenters. The minimum Gasteiger partial charge on any atom is -0.490 e. The van der Waals surface area contributed by atoms with E-state index in [2.05, 4.69) is 0 Å². The van der Waals surface area contributed by atoms with Gasteiger partial charge in [-0.3, -0.25) is 0 Å². The fourth-order valence-electron chi connectivity index (χ4n) is 1.76. The van der Waals surface area contributed by atoms with Gasteiger partial charge in [0.15, 0.2) is 0 Å². The molecule has 0 bridgehead atoms. The van der Waals surface area contributed by atoms with Gasteiger partial charge in [-0.05, 0) is 37.6 Å². The Morgan fingerprint density at radius 2 is 2.40 bits per heavy atom. The predicted molar refractivity (Wildman–Crippen MR) is 56.2 cm³/mol. The van der Waals surface area contributed by atoms with Crippen molar-refractivity contribution in [1.82, 2.24) is 0 Å². The second kappa shape index (κ2) is 3.93. The molecule has 3 heteroatoms. The van der Waals surface area contributed by atoms with E-state index in [4.69, 9.17) is 9.47 Å². The van der Waals surface area contributed by atoms with Crippen LogP contribution in [0.25, 0.3) is 0 Å². The molecule has 0 aromatic heterocycles. The molecule has 0 fully saturated rings. The van der Waals surface area contributed by atoms with Gasteiger partial charge in [-0.2, -0.15) is 0 Å². The van der Waals surface area contributed by atoms with Crippen LogP contribution < -0.4 is 4.74 Å². The summed E-state index contributed by atoms with van der Waals surface area (Å²) in [5, 5.41) is 0. The van der Waals surface area contributed by atoms with Crippen molar-refractivity contribution in [1.29, 1.82) is 0 Å². The van der Waals surface area contributed by atoms with E-state index in [9.17, 15) is 4.79 Å². The van der Waals surface area contributed by atoms with Crippen molar-refractivity contribution in [3.8, 4) is 5.75 Å². The van der Waals surface area contributed by atoms with Gasteiger partial charge in [0.2, 0.25) is 0 Å². The highest BCUT2D eigenvalue weighted by Crippen LogP contribution is 2.29. The third-order valence-corrected chi connectivity index (χ3v) is 2.41. The fourth-order valence-corrected chi connectivity index (χ4v) is 1.76. The molecule has 0 saturated carbocycles. The van der Waals surface area contributed by atoms with Gasteiger partial charge >= 0.3 is 5.97 Å². The molecule has 1 heterocycles. The average Bonchev–Trinajstić information content (AvgIpc) is 2.57. The van der Waals surface area contributed by atoms with Crippen LogP contribution in [-0.2, 0) is 11.2 Å². The first-order valence-electron chi connectivity index (χ1n) is 5.17. The van der Waals surface area contributed by atoms with Gasteiger partial charge in [-0.15, -0.1) is 0 Å². The number of fused-ring (bicyclic) bond motifs is 1. The van der Waals surface area contributed by atoms with Crippen molar-refractivity contribution in [3.63, 3.8) is 0 Å². The topological polar surface area (TPSA) is 35.5 Å². The third kappa shape index (κ3) is 1.96. The van der Waals surface area contributed by atoms with Crippen LogP contribution in [0, 0.1) is 0 Å². The monoisotopic (exact) mass is 206 g/mol. The van der Waals surface area contributed by atoms with Crippen LogP contribution in [0.1, 0.15) is 29.8 Å². The molecule has 0 N–H and O–H groups in total. The van der Waals surface area contributed by atoms with E-state index in [0.717, 1.165) is 17.7 Å². The molecule has 0 radical (unpaired) electrons. The van der Waals surface area contributed by atoms with E-state index in [0.29, 0.717) is 12.2 Å². The summed E-state index contributed by atoms with van der Waals surface area (Å²) in [6.07, 6.45) is 1.07. The largest absolute Gasteiger partial charge is 0.490 e. The zero-order chi connectivity index (χ0) is 10.8. The number of hydrogen-bond donors (Lipinski definition) is 0. The highest BCUT2D eigenvalue weighted by molar-refractivity contribution is 5.89.